The summed E-state index contributed by atoms with van der Waals surface area (Å²) in [6.45, 7) is 2.08. The molecule has 4 nitrogen and oxygen atoms in total. The molecule has 2 aromatic heterocycles. The van der Waals surface area contributed by atoms with Gasteiger partial charge < -0.3 is 10.3 Å². The SMILES string of the molecule is CC(Nc1snc2ccccc12)c1ncc[nH]1. The summed E-state index contributed by atoms with van der Waals surface area (Å²) in [7, 11) is 0. The van der Waals surface area contributed by atoms with Crippen molar-refractivity contribution in [3.63, 3.8) is 0 Å². The third kappa shape index (κ3) is 1.89. The zero-order valence-electron chi connectivity index (χ0n) is 9.34. The molecule has 0 radical (unpaired) electrons. The van der Waals surface area contributed by atoms with Crippen LogP contribution in [0, 0.1) is 0 Å². The van der Waals surface area contributed by atoms with E-state index in [1.165, 1.54) is 11.5 Å². The van der Waals surface area contributed by atoms with Crippen molar-refractivity contribution in [1.29, 1.82) is 0 Å². The molecule has 3 aromatic rings. The minimum atomic E-state index is 0.147. The number of nitrogens with zero attached hydrogens (tertiary/aromatic N) is 2. The van der Waals surface area contributed by atoms with E-state index in [4.69, 9.17) is 0 Å². The van der Waals surface area contributed by atoms with Crippen LogP contribution >= 0.6 is 11.5 Å². The Hall–Kier alpha value is -1.88. The predicted octanol–water partition coefficient (Wildman–Crippen LogP) is 3.19. The average molecular weight is 244 g/mol. The highest BCUT2D eigenvalue weighted by atomic mass is 32.1. The fourth-order valence-electron chi connectivity index (χ4n) is 1.77. The Morgan fingerprint density at radius 2 is 2.24 bits per heavy atom. The number of H-pyrrole nitrogens is 1. The first-order valence-electron chi connectivity index (χ1n) is 5.45. The molecule has 0 saturated carbocycles. The van der Waals surface area contributed by atoms with Gasteiger partial charge >= 0.3 is 0 Å². The molecule has 0 aliphatic carbocycles. The molecule has 2 heterocycles. The number of aromatic amines is 1. The molecule has 0 spiro atoms. The number of imidazole rings is 1. The number of fused-ring (bicyclic) bond motifs is 1. The van der Waals surface area contributed by atoms with Gasteiger partial charge in [-0.05, 0) is 30.6 Å². The average Bonchev–Trinajstić information content (AvgIpc) is 2.98. The Labute approximate surface area is 103 Å². The van der Waals surface area contributed by atoms with Gasteiger partial charge in [0.05, 0.1) is 11.6 Å². The van der Waals surface area contributed by atoms with E-state index in [0.717, 1.165) is 21.7 Å². The fourth-order valence-corrected chi connectivity index (χ4v) is 2.62. The topological polar surface area (TPSA) is 53.6 Å². The van der Waals surface area contributed by atoms with Gasteiger partial charge in [-0.15, -0.1) is 0 Å². The fraction of sp³-hybridized carbons (Fsp3) is 0.167. The van der Waals surface area contributed by atoms with Gasteiger partial charge in [-0.2, -0.15) is 4.37 Å². The van der Waals surface area contributed by atoms with Gasteiger partial charge in [0.2, 0.25) is 0 Å². The molecule has 17 heavy (non-hydrogen) atoms. The van der Waals surface area contributed by atoms with E-state index in [1.807, 2.05) is 24.4 Å². The molecule has 1 atom stereocenters. The first kappa shape index (κ1) is 10.3. The highest BCUT2D eigenvalue weighted by Crippen LogP contribution is 2.29. The van der Waals surface area contributed by atoms with Crippen molar-refractivity contribution < 1.29 is 0 Å². The summed E-state index contributed by atoms with van der Waals surface area (Å²) in [5, 5.41) is 5.68. The Morgan fingerprint density at radius 1 is 1.35 bits per heavy atom. The van der Waals surface area contributed by atoms with Crippen LogP contribution in [-0.4, -0.2) is 14.3 Å². The van der Waals surface area contributed by atoms with Gasteiger partial charge in [-0.3, -0.25) is 0 Å². The zero-order valence-corrected chi connectivity index (χ0v) is 10.2. The van der Waals surface area contributed by atoms with Crippen LogP contribution in [0.3, 0.4) is 0 Å². The lowest BCUT2D eigenvalue weighted by atomic mass is 10.2. The van der Waals surface area contributed by atoms with Crippen molar-refractivity contribution in [3.8, 4) is 0 Å². The number of nitrogens with one attached hydrogen (secondary N) is 2. The Kier molecular flexibility index (Phi) is 2.53. The third-order valence-corrected chi connectivity index (χ3v) is 3.47. The van der Waals surface area contributed by atoms with Crippen LogP contribution in [0.4, 0.5) is 5.00 Å². The minimum Gasteiger partial charge on any atom is -0.365 e. The molecule has 0 aliphatic rings. The van der Waals surface area contributed by atoms with Crippen molar-refractivity contribution in [2.75, 3.05) is 5.32 Å². The highest BCUT2D eigenvalue weighted by Gasteiger charge is 2.11. The second-order valence-corrected chi connectivity index (χ2v) is 4.64. The molecule has 5 heteroatoms. The number of hydrogen-bond donors (Lipinski definition) is 2. The van der Waals surface area contributed by atoms with E-state index >= 15 is 0 Å². The standard InChI is InChI=1S/C12H12N4S/c1-8(11-13-6-7-14-11)15-12-9-4-2-3-5-10(9)16-17-12/h2-8,15H,1H3,(H,13,14). The summed E-state index contributed by atoms with van der Waals surface area (Å²) >= 11 is 1.49. The monoisotopic (exact) mass is 244 g/mol. The molecule has 0 amide bonds. The van der Waals surface area contributed by atoms with Crippen LogP contribution in [-0.2, 0) is 0 Å². The number of hydrogen-bond acceptors (Lipinski definition) is 4. The first-order chi connectivity index (χ1) is 8.34. The van der Waals surface area contributed by atoms with Gasteiger partial charge in [0.1, 0.15) is 10.8 Å². The molecule has 0 bridgehead atoms. The second kappa shape index (κ2) is 4.18. The largest absolute Gasteiger partial charge is 0.365 e. The van der Waals surface area contributed by atoms with E-state index in [2.05, 4.69) is 32.6 Å². The Bertz CT molecular complexity index is 614. The Balaban J connectivity index is 1.90. The lowest BCUT2D eigenvalue weighted by Gasteiger charge is -2.10. The highest BCUT2D eigenvalue weighted by molar-refractivity contribution is 7.11. The van der Waals surface area contributed by atoms with Gasteiger partial charge in [0.25, 0.3) is 0 Å². The van der Waals surface area contributed by atoms with Crippen molar-refractivity contribution in [3.05, 3.63) is 42.5 Å². The quantitative estimate of drug-likeness (QED) is 0.744. The van der Waals surface area contributed by atoms with Crippen LogP contribution < -0.4 is 5.32 Å². The summed E-state index contributed by atoms with van der Waals surface area (Å²) in [5.41, 5.74) is 1.03. The van der Waals surface area contributed by atoms with Crippen LogP contribution in [0.1, 0.15) is 18.8 Å². The van der Waals surface area contributed by atoms with Crippen molar-refractivity contribution in [1.82, 2.24) is 14.3 Å². The van der Waals surface area contributed by atoms with Crippen molar-refractivity contribution in [2.24, 2.45) is 0 Å². The molecule has 1 aromatic carbocycles. The summed E-state index contributed by atoms with van der Waals surface area (Å²) < 4.78 is 4.40. The van der Waals surface area contributed by atoms with Crippen LogP contribution in [0.25, 0.3) is 10.9 Å². The van der Waals surface area contributed by atoms with E-state index < -0.39 is 0 Å². The summed E-state index contributed by atoms with van der Waals surface area (Å²) in [4.78, 5) is 7.35. The minimum absolute atomic E-state index is 0.147. The molecule has 2 N–H and O–H groups in total. The number of aromatic nitrogens is 3. The maximum atomic E-state index is 4.40. The van der Waals surface area contributed by atoms with E-state index in [-0.39, 0.29) is 6.04 Å². The summed E-state index contributed by atoms with van der Waals surface area (Å²) in [6.07, 6.45) is 3.59. The molecule has 86 valence electrons. The smallest absolute Gasteiger partial charge is 0.128 e. The summed E-state index contributed by atoms with van der Waals surface area (Å²) in [6, 6.07) is 8.28. The molecule has 1 unspecified atom stereocenters. The first-order valence-corrected chi connectivity index (χ1v) is 6.22. The van der Waals surface area contributed by atoms with E-state index in [1.54, 1.807) is 6.20 Å². The van der Waals surface area contributed by atoms with Crippen LogP contribution in [0.15, 0.2) is 36.7 Å². The molecule has 0 aliphatic heterocycles. The van der Waals surface area contributed by atoms with Crippen LogP contribution in [0.2, 0.25) is 0 Å². The molecule has 3 rings (SSSR count). The van der Waals surface area contributed by atoms with E-state index in [9.17, 15) is 0 Å². The summed E-state index contributed by atoms with van der Waals surface area (Å²) in [5.74, 6) is 0.933. The van der Waals surface area contributed by atoms with E-state index in [0.29, 0.717) is 0 Å². The van der Waals surface area contributed by atoms with Crippen molar-refractivity contribution >= 4 is 27.4 Å². The lowest BCUT2D eigenvalue weighted by Crippen LogP contribution is -2.07. The van der Waals surface area contributed by atoms with Crippen LogP contribution in [0.5, 0.6) is 0 Å². The maximum Gasteiger partial charge on any atom is 0.128 e. The number of anilines is 1. The van der Waals surface area contributed by atoms with Crippen molar-refractivity contribution in [2.45, 2.75) is 13.0 Å². The second-order valence-electron chi connectivity index (χ2n) is 3.87. The molecule has 0 saturated heterocycles. The normalized spacial score (nSPS) is 12.8. The Morgan fingerprint density at radius 3 is 3.06 bits per heavy atom. The van der Waals surface area contributed by atoms with Gasteiger partial charge in [0.15, 0.2) is 0 Å². The number of benzene rings is 1. The molecule has 0 fully saturated rings. The predicted molar refractivity (Wildman–Crippen MR) is 70.2 cm³/mol. The molecular weight excluding hydrogens is 232 g/mol. The molecular formula is C12H12N4S. The van der Waals surface area contributed by atoms with Gasteiger partial charge in [0, 0.05) is 17.8 Å². The van der Waals surface area contributed by atoms with Gasteiger partial charge in [-0.1, -0.05) is 12.1 Å². The number of rotatable bonds is 3. The lowest BCUT2D eigenvalue weighted by molar-refractivity contribution is 0.814. The maximum absolute atomic E-state index is 4.40. The third-order valence-electron chi connectivity index (χ3n) is 2.66. The zero-order chi connectivity index (χ0) is 11.7. The van der Waals surface area contributed by atoms with Gasteiger partial charge in [-0.25, -0.2) is 4.98 Å².